The lowest BCUT2D eigenvalue weighted by atomic mass is 10.1. The number of guanidine groups is 1. The summed E-state index contributed by atoms with van der Waals surface area (Å²) in [6, 6.07) is 5.57. The molecule has 0 saturated carbocycles. The van der Waals surface area contributed by atoms with Crippen LogP contribution in [0.1, 0.15) is 24.0 Å². The summed E-state index contributed by atoms with van der Waals surface area (Å²) in [7, 11) is 3.34. The second-order valence-corrected chi connectivity index (χ2v) is 6.49. The second kappa shape index (κ2) is 9.00. The molecule has 1 saturated heterocycles. The van der Waals surface area contributed by atoms with Gasteiger partial charge in [0.05, 0.1) is 6.61 Å². The molecular weight excluding hydrogens is 301 g/mol. The van der Waals surface area contributed by atoms with Gasteiger partial charge in [-0.15, -0.1) is 0 Å². The van der Waals surface area contributed by atoms with E-state index in [1.165, 1.54) is 24.7 Å². The molecule has 1 fully saturated rings. The number of thioether (sulfide) groups is 1. The molecule has 1 aromatic rings. The zero-order valence-electron chi connectivity index (χ0n) is 13.2. The highest BCUT2D eigenvalue weighted by Gasteiger charge is 2.14. The number of nitrogens with zero attached hydrogens (tertiary/aromatic N) is 1. The molecule has 2 rings (SSSR count). The first-order chi connectivity index (χ1) is 10.7. The molecule has 0 bridgehead atoms. The van der Waals surface area contributed by atoms with Gasteiger partial charge in [0.15, 0.2) is 5.96 Å². The van der Waals surface area contributed by atoms with Crippen molar-refractivity contribution in [2.45, 2.75) is 32.0 Å². The Hall–Kier alpha value is -1.27. The highest BCUT2D eigenvalue weighted by Crippen LogP contribution is 2.16. The van der Waals surface area contributed by atoms with Crippen LogP contribution in [0.15, 0.2) is 23.2 Å². The number of rotatable bonds is 5. The lowest BCUT2D eigenvalue weighted by Crippen LogP contribution is -2.45. The van der Waals surface area contributed by atoms with Gasteiger partial charge < -0.3 is 15.4 Å². The summed E-state index contributed by atoms with van der Waals surface area (Å²) in [6.45, 7) is 0.891. The standard InChI is InChI=1S/C16H24FN3OS/c1-18-16(20-14-4-3-7-22-11-14)19-9-12-5-6-15(17)13(8-12)10-21-2/h5-6,8,14H,3-4,7,9-11H2,1-2H3,(H2,18,19,20). The first kappa shape index (κ1) is 17.1. The number of hydrogen-bond donors (Lipinski definition) is 2. The van der Waals surface area contributed by atoms with Gasteiger partial charge in [-0.3, -0.25) is 4.99 Å². The number of ether oxygens (including phenoxy) is 1. The molecule has 1 heterocycles. The van der Waals surface area contributed by atoms with E-state index >= 15 is 0 Å². The van der Waals surface area contributed by atoms with Crippen molar-refractivity contribution >= 4 is 17.7 Å². The molecular formula is C16H24FN3OS. The predicted octanol–water partition coefficient (Wildman–Crippen LogP) is 2.53. The van der Waals surface area contributed by atoms with E-state index < -0.39 is 0 Å². The summed E-state index contributed by atoms with van der Waals surface area (Å²) in [5.41, 5.74) is 1.59. The van der Waals surface area contributed by atoms with Crippen molar-refractivity contribution in [3.63, 3.8) is 0 Å². The lowest BCUT2D eigenvalue weighted by molar-refractivity contribution is 0.181. The number of nitrogens with one attached hydrogen (secondary N) is 2. The van der Waals surface area contributed by atoms with Crippen molar-refractivity contribution < 1.29 is 9.13 Å². The van der Waals surface area contributed by atoms with Crippen LogP contribution in [0.25, 0.3) is 0 Å². The van der Waals surface area contributed by atoms with Crippen LogP contribution in [0.5, 0.6) is 0 Å². The second-order valence-electron chi connectivity index (χ2n) is 5.34. The van der Waals surface area contributed by atoms with E-state index in [2.05, 4.69) is 15.6 Å². The molecule has 0 spiro atoms. The van der Waals surface area contributed by atoms with Gasteiger partial charge in [0.25, 0.3) is 0 Å². The first-order valence-electron chi connectivity index (χ1n) is 7.54. The van der Waals surface area contributed by atoms with Gasteiger partial charge in [-0.05, 0) is 36.3 Å². The molecule has 1 aliphatic rings. The lowest BCUT2D eigenvalue weighted by Gasteiger charge is -2.24. The number of benzene rings is 1. The monoisotopic (exact) mass is 325 g/mol. The van der Waals surface area contributed by atoms with Crippen LogP contribution in [0, 0.1) is 5.82 Å². The SMILES string of the molecule is CN=C(NCc1ccc(F)c(COC)c1)NC1CCCSC1. The number of methoxy groups -OCH3 is 1. The topological polar surface area (TPSA) is 45.7 Å². The molecule has 0 aromatic heterocycles. The van der Waals surface area contributed by atoms with Crippen LogP contribution < -0.4 is 10.6 Å². The van der Waals surface area contributed by atoms with Gasteiger partial charge in [-0.25, -0.2) is 4.39 Å². The van der Waals surface area contributed by atoms with Crippen molar-refractivity contribution in [1.82, 2.24) is 10.6 Å². The number of aliphatic imine (C=N–C) groups is 1. The molecule has 0 radical (unpaired) electrons. The fraction of sp³-hybridized carbons (Fsp3) is 0.562. The smallest absolute Gasteiger partial charge is 0.191 e. The Morgan fingerprint density at radius 1 is 1.50 bits per heavy atom. The molecule has 0 aliphatic carbocycles. The van der Waals surface area contributed by atoms with E-state index in [-0.39, 0.29) is 12.4 Å². The minimum absolute atomic E-state index is 0.229. The molecule has 0 amide bonds. The van der Waals surface area contributed by atoms with Crippen LogP contribution >= 0.6 is 11.8 Å². The molecule has 122 valence electrons. The average molecular weight is 325 g/mol. The summed E-state index contributed by atoms with van der Waals surface area (Å²) in [4.78, 5) is 4.26. The molecule has 1 aromatic carbocycles. The molecule has 4 nitrogen and oxygen atoms in total. The minimum atomic E-state index is -0.229. The summed E-state index contributed by atoms with van der Waals surface area (Å²) in [5, 5.41) is 6.73. The Bertz CT molecular complexity index is 504. The largest absolute Gasteiger partial charge is 0.380 e. The zero-order valence-corrected chi connectivity index (χ0v) is 14.0. The van der Waals surface area contributed by atoms with Crippen molar-refractivity contribution in [1.29, 1.82) is 0 Å². The fourth-order valence-corrected chi connectivity index (χ4v) is 3.50. The van der Waals surface area contributed by atoms with Crippen molar-refractivity contribution in [3.05, 3.63) is 35.1 Å². The van der Waals surface area contributed by atoms with E-state index in [1.54, 1.807) is 20.2 Å². The maximum absolute atomic E-state index is 13.6. The molecule has 2 N–H and O–H groups in total. The van der Waals surface area contributed by atoms with Gasteiger partial charge in [0.2, 0.25) is 0 Å². The van der Waals surface area contributed by atoms with E-state index in [4.69, 9.17) is 4.74 Å². The van der Waals surface area contributed by atoms with E-state index in [0.717, 1.165) is 17.3 Å². The highest BCUT2D eigenvalue weighted by atomic mass is 32.2. The summed E-state index contributed by atoms with van der Waals surface area (Å²) in [5.74, 6) is 2.94. The van der Waals surface area contributed by atoms with Gasteiger partial charge in [0, 0.05) is 38.1 Å². The van der Waals surface area contributed by atoms with Gasteiger partial charge >= 0.3 is 0 Å². The first-order valence-corrected chi connectivity index (χ1v) is 8.69. The van der Waals surface area contributed by atoms with Crippen LogP contribution in [-0.2, 0) is 17.9 Å². The van der Waals surface area contributed by atoms with E-state index in [1.807, 2.05) is 17.8 Å². The Kier molecular flexibility index (Phi) is 6.99. The number of halogens is 1. The van der Waals surface area contributed by atoms with E-state index in [0.29, 0.717) is 18.2 Å². The minimum Gasteiger partial charge on any atom is -0.380 e. The van der Waals surface area contributed by atoms with Crippen LogP contribution in [-0.4, -0.2) is 37.7 Å². The quantitative estimate of drug-likeness (QED) is 0.645. The van der Waals surface area contributed by atoms with Crippen molar-refractivity contribution in [2.75, 3.05) is 25.7 Å². The average Bonchev–Trinajstić information content (AvgIpc) is 2.55. The maximum atomic E-state index is 13.6. The van der Waals surface area contributed by atoms with Crippen LogP contribution in [0.3, 0.4) is 0 Å². The Labute approximate surface area is 135 Å². The van der Waals surface area contributed by atoms with Gasteiger partial charge in [-0.1, -0.05) is 6.07 Å². The third-order valence-electron chi connectivity index (χ3n) is 3.59. The Morgan fingerprint density at radius 3 is 3.05 bits per heavy atom. The molecule has 1 aliphatic heterocycles. The molecule has 1 unspecified atom stereocenters. The third kappa shape index (κ3) is 5.18. The van der Waals surface area contributed by atoms with Crippen molar-refractivity contribution in [3.8, 4) is 0 Å². The maximum Gasteiger partial charge on any atom is 0.191 e. The molecule has 22 heavy (non-hydrogen) atoms. The summed E-state index contributed by atoms with van der Waals surface area (Å²) in [6.07, 6.45) is 2.43. The normalized spacial score (nSPS) is 19.0. The van der Waals surface area contributed by atoms with Crippen LogP contribution in [0.4, 0.5) is 4.39 Å². The van der Waals surface area contributed by atoms with E-state index in [9.17, 15) is 4.39 Å². The Balaban J connectivity index is 1.88. The van der Waals surface area contributed by atoms with Gasteiger partial charge in [-0.2, -0.15) is 11.8 Å². The van der Waals surface area contributed by atoms with Gasteiger partial charge in [0.1, 0.15) is 5.82 Å². The Morgan fingerprint density at radius 2 is 2.36 bits per heavy atom. The zero-order chi connectivity index (χ0) is 15.8. The molecule has 1 atom stereocenters. The third-order valence-corrected chi connectivity index (χ3v) is 4.81. The highest BCUT2D eigenvalue weighted by molar-refractivity contribution is 7.99. The summed E-state index contributed by atoms with van der Waals surface area (Å²) < 4.78 is 18.6. The number of hydrogen-bond acceptors (Lipinski definition) is 3. The fourth-order valence-electron chi connectivity index (χ4n) is 2.43. The van der Waals surface area contributed by atoms with Crippen LogP contribution in [0.2, 0.25) is 0 Å². The summed E-state index contributed by atoms with van der Waals surface area (Å²) >= 11 is 1.98. The molecule has 6 heteroatoms. The predicted molar refractivity (Wildman–Crippen MR) is 90.8 cm³/mol. The van der Waals surface area contributed by atoms with Crippen molar-refractivity contribution in [2.24, 2.45) is 4.99 Å².